The van der Waals surface area contributed by atoms with Gasteiger partial charge in [-0.3, -0.25) is 19.2 Å². The number of unbranched alkanes of at least 4 members (excludes halogenated alkanes) is 2. The van der Waals surface area contributed by atoms with Crippen LogP contribution < -0.4 is 0 Å². The van der Waals surface area contributed by atoms with Gasteiger partial charge < -0.3 is 49.0 Å². The summed E-state index contributed by atoms with van der Waals surface area (Å²) in [5.74, 6) is -8.13. The van der Waals surface area contributed by atoms with Crippen molar-refractivity contribution in [3.8, 4) is 0 Å². The van der Waals surface area contributed by atoms with Crippen molar-refractivity contribution in [1.29, 1.82) is 0 Å². The molecule has 15 nitrogen and oxygen atoms in total. The molecule has 396 valence electrons. The summed E-state index contributed by atoms with van der Waals surface area (Å²) in [6, 6.07) is -1.16. The van der Waals surface area contributed by atoms with Gasteiger partial charge in [0.2, 0.25) is 5.79 Å². The Labute approximate surface area is 417 Å². The molecule has 1 aliphatic carbocycles. The van der Waals surface area contributed by atoms with Crippen LogP contribution >= 0.6 is 0 Å². The molecule has 3 heterocycles. The van der Waals surface area contributed by atoms with Crippen LogP contribution in [-0.2, 0) is 47.7 Å². The first kappa shape index (κ1) is 59.2. The van der Waals surface area contributed by atoms with Crippen molar-refractivity contribution in [2.45, 2.75) is 199 Å². The van der Waals surface area contributed by atoms with Crippen LogP contribution in [0.3, 0.4) is 0 Å². The Kier molecular flexibility index (Phi) is 24.3. The lowest BCUT2D eigenvalue weighted by Crippen LogP contribution is -2.61. The number of aliphatic hydroxyl groups excluding tert-OH is 3. The van der Waals surface area contributed by atoms with Crippen molar-refractivity contribution < 1.29 is 68.1 Å². The van der Waals surface area contributed by atoms with Gasteiger partial charge in [0.15, 0.2) is 5.78 Å². The van der Waals surface area contributed by atoms with Crippen LogP contribution in [0.1, 0.15) is 145 Å². The molecule has 2 bridgehead atoms. The highest BCUT2D eigenvalue weighted by molar-refractivity contribution is 6.39. The molecule has 4 aliphatic rings. The molecule has 1 unspecified atom stereocenters. The lowest BCUT2D eigenvalue weighted by atomic mass is 9.78. The number of nitrogens with zero attached hydrogens (tertiary/aromatic N) is 1. The van der Waals surface area contributed by atoms with Crippen molar-refractivity contribution >= 4 is 29.2 Å². The van der Waals surface area contributed by atoms with Gasteiger partial charge in [-0.1, -0.05) is 71.1 Å². The van der Waals surface area contributed by atoms with Gasteiger partial charge in [-0.25, -0.2) is 4.79 Å². The molecule has 3 aliphatic heterocycles. The zero-order valence-electron chi connectivity index (χ0n) is 43.6. The highest BCUT2D eigenvalue weighted by Gasteiger charge is 2.53. The molecule has 4 N–H and O–H groups in total. The third kappa shape index (κ3) is 16.6. The molecule has 4 rings (SSSR count). The number of fused-ring (bicyclic) bond motifs is 3. The first-order chi connectivity index (χ1) is 33.2. The molecule has 0 radical (unpaired) electrons. The minimum absolute atomic E-state index is 0.000802. The molecule has 0 aromatic rings. The van der Waals surface area contributed by atoms with Gasteiger partial charge in [0.25, 0.3) is 11.7 Å². The fraction of sp³-hybridized carbons (Fsp3) is 0.764. The summed E-state index contributed by atoms with van der Waals surface area (Å²) in [6.07, 6.45) is 13.1. The van der Waals surface area contributed by atoms with Gasteiger partial charge in [-0.2, -0.15) is 0 Å². The quantitative estimate of drug-likeness (QED) is 0.0733. The molecule has 1 amide bonds. The maximum absolute atomic E-state index is 14.5. The maximum atomic E-state index is 14.5. The summed E-state index contributed by atoms with van der Waals surface area (Å²) in [6.45, 7) is 13.2. The van der Waals surface area contributed by atoms with E-state index in [1.54, 1.807) is 34.0 Å². The summed E-state index contributed by atoms with van der Waals surface area (Å²) < 4.78 is 30.1. The Balaban J connectivity index is 1.71. The smallest absolute Gasteiger partial charge is 0.329 e. The van der Waals surface area contributed by atoms with E-state index in [9.17, 15) is 44.4 Å². The minimum Gasteiger partial charge on any atom is -0.460 e. The number of Topliss-reactive ketones (excluding diaryl/α,β-unsaturated/α-hetero) is 3. The highest BCUT2D eigenvalue weighted by atomic mass is 16.6. The Hall–Kier alpha value is -3.41. The SMILES string of the molecule is CO[C@@H]1C[C@H](C[C@@H](C)[C@@H]2CC(=O)[C@H](C)/C=C(\C)[C@@H](O)[C@@H](OC)C(=O)[C@H](C)C[C@H](C)/C=C/C=C/C=C(\C)C(OCCCCCO)C[C@@H]3CC[C@@H](C)[C@@](O)(O3)C(=O)C(=O)N3CCCC[C@H]3C(=O)O2)CC[C@H]1O. The number of piperidine rings is 1. The summed E-state index contributed by atoms with van der Waals surface area (Å²) in [7, 11) is 2.94. The Bertz CT molecular complexity index is 1840. The highest BCUT2D eigenvalue weighted by Crippen LogP contribution is 2.38. The predicted molar refractivity (Wildman–Crippen MR) is 265 cm³/mol. The van der Waals surface area contributed by atoms with E-state index in [1.807, 2.05) is 58.1 Å². The molecule has 15 atom stereocenters. The van der Waals surface area contributed by atoms with E-state index < -0.39 is 83.9 Å². The number of aliphatic hydroxyl groups is 4. The van der Waals surface area contributed by atoms with Crippen molar-refractivity contribution in [2.24, 2.45) is 35.5 Å². The van der Waals surface area contributed by atoms with Gasteiger partial charge in [0, 0.05) is 64.6 Å². The second kappa shape index (κ2) is 28.7. The lowest BCUT2D eigenvalue weighted by molar-refractivity contribution is -0.266. The first-order valence-electron chi connectivity index (χ1n) is 26.1. The van der Waals surface area contributed by atoms with Crippen LogP contribution in [0.4, 0.5) is 0 Å². The van der Waals surface area contributed by atoms with E-state index in [0.29, 0.717) is 82.8 Å². The fourth-order valence-corrected chi connectivity index (χ4v) is 10.7. The molecule has 0 aromatic carbocycles. The molecule has 70 heavy (non-hydrogen) atoms. The Morgan fingerprint density at radius 1 is 0.857 bits per heavy atom. The van der Waals surface area contributed by atoms with E-state index in [-0.39, 0.29) is 61.4 Å². The molecular weight excluding hydrogens is 899 g/mol. The van der Waals surface area contributed by atoms with Gasteiger partial charge in [0.1, 0.15) is 30.1 Å². The number of hydrogen-bond donors (Lipinski definition) is 4. The number of rotatable bonds is 11. The van der Waals surface area contributed by atoms with E-state index >= 15 is 0 Å². The Morgan fingerprint density at radius 3 is 2.30 bits per heavy atom. The molecular formula is C55H87NO14. The van der Waals surface area contributed by atoms with Crippen LogP contribution in [0.25, 0.3) is 0 Å². The number of carbonyl (C=O) groups excluding carboxylic acids is 5. The van der Waals surface area contributed by atoms with Crippen molar-refractivity contribution in [2.75, 3.05) is 34.0 Å². The standard InChI is InChI=1S/C55H87NO14/c1-34-18-12-10-13-19-35(2)46(68-27-17-11-16-26-57)32-42-23-21-40(7)55(65,70-42)52(62)53(63)56-25-15-14-20-43(56)54(64)69-47(37(4)30-41-22-24-44(58)48(31-41)66-8)33-45(59)36(3)29-39(6)50(61)51(67-9)49(60)38(5)28-34/h10,12-13,18-19,29,34,36-38,40-44,46-48,50-51,57-58,61,65H,11,14-17,20-28,30-33H2,1-9H3/b13-10+,18-12+,35-19+,39-29+/t34-,36-,37-,38-,40-,41+,42+,43+,44-,46?,47+,48-,50-,51+,55-/m1/s1. The Morgan fingerprint density at radius 2 is 1.60 bits per heavy atom. The number of ketones is 3. The second-order valence-corrected chi connectivity index (χ2v) is 21.0. The van der Waals surface area contributed by atoms with E-state index in [4.69, 9.17) is 23.7 Å². The molecule has 0 aromatic heterocycles. The topological polar surface area (TPSA) is 216 Å². The van der Waals surface area contributed by atoms with Crippen molar-refractivity contribution in [3.05, 3.63) is 47.6 Å². The number of amides is 1. The monoisotopic (exact) mass is 986 g/mol. The van der Waals surface area contributed by atoms with E-state index in [1.165, 1.54) is 12.0 Å². The van der Waals surface area contributed by atoms with Gasteiger partial charge in [-0.05, 0) is 126 Å². The number of hydrogen-bond acceptors (Lipinski definition) is 14. The number of cyclic esters (lactones) is 1. The summed E-state index contributed by atoms with van der Waals surface area (Å²) in [5, 5.41) is 43.4. The van der Waals surface area contributed by atoms with Crippen LogP contribution in [0.2, 0.25) is 0 Å². The molecule has 15 heteroatoms. The fourth-order valence-electron chi connectivity index (χ4n) is 10.7. The number of ether oxygens (including phenoxy) is 5. The number of esters is 1. The zero-order valence-corrected chi connectivity index (χ0v) is 43.6. The van der Waals surface area contributed by atoms with Crippen LogP contribution in [0, 0.1) is 35.5 Å². The third-order valence-corrected chi connectivity index (χ3v) is 15.3. The first-order valence-corrected chi connectivity index (χ1v) is 26.1. The van der Waals surface area contributed by atoms with Crippen LogP contribution in [0.15, 0.2) is 47.6 Å². The van der Waals surface area contributed by atoms with Gasteiger partial charge >= 0.3 is 5.97 Å². The van der Waals surface area contributed by atoms with Gasteiger partial charge in [-0.15, -0.1) is 0 Å². The van der Waals surface area contributed by atoms with Crippen molar-refractivity contribution in [1.82, 2.24) is 4.90 Å². The number of methoxy groups -OCH3 is 2. The predicted octanol–water partition coefficient (Wildman–Crippen LogP) is 6.71. The summed E-state index contributed by atoms with van der Waals surface area (Å²) in [5.41, 5.74) is 1.26. The molecule has 3 fully saturated rings. The summed E-state index contributed by atoms with van der Waals surface area (Å²) in [4.78, 5) is 72.4. The number of carbonyl (C=O) groups is 5. The molecule has 1 saturated carbocycles. The normalized spacial score (nSPS) is 38.4. The van der Waals surface area contributed by atoms with E-state index in [0.717, 1.165) is 18.4 Å². The maximum Gasteiger partial charge on any atom is 0.329 e. The lowest BCUT2D eigenvalue weighted by Gasteiger charge is -2.43. The number of allylic oxidation sites excluding steroid dienone is 6. The van der Waals surface area contributed by atoms with Crippen LogP contribution in [-0.4, -0.2) is 143 Å². The third-order valence-electron chi connectivity index (χ3n) is 15.3. The average molecular weight is 986 g/mol. The van der Waals surface area contributed by atoms with Crippen LogP contribution in [0.5, 0.6) is 0 Å². The van der Waals surface area contributed by atoms with Crippen molar-refractivity contribution in [3.63, 3.8) is 0 Å². The zero-order chi connectivity index (χ0) is 51.7. The molecule has 0 spiro atoms. The second-order valence-electron chi connectivity index (χ2n) is 21.0. The largest absolute Gasteiger partial charge is 0.460 e. The molecule has 2 saturated heterocycles. The van der Waals surface area contributed by atoms with Gasteiger partial charge in [0.05, 0.1) is 24.4 Å². The van der Waals surface area contributed by atoms with E-state index in [2.05, 4.69) is 0 Å². The minimum atomic E-state index is -2.46. The summed E-state index contributed by atoms with van der Waals surface area (Å²) >= 11 is 0. The average Bonchev–Trinajstić information content (AvgIpc) is 3.33.